The average molecular weight is 421 g/mol. The number of nitrogens with one attached hydrogen (secondary N) is 2. The van der Waals surface area contributed by atoms with Crippen molar-refractivity contribution >= 4 is 22.6 Å². The Morgan fingerprint density at radius 1 is 1.19 bits per heavy atom. The van der Waals surface area contributed by atoms with Gasteiger partial charge in [-0.3, -0.25) is 9.39 Å². The molecule has 0 spiro atoms. The smallest absolute Gasteiger partial charge is 0.191 e. The van der Waals surface area contributed by atoms with Crippen molar-refractivity contribution in [2.45, 2.75) is 33.2 Å². The summed E-state index contributed by atoms with van der Waals surface area (Å²) in [5, 5.41) is 16.2. The van der Waals surface area contributed by atoms with Gasteiger partial charge < -0.3 is 19.8 Å². The molecule has 1 aromatic carbocycles. The third kappa shape index (κ3) is 4.63. The number of pyridine rings is 1. The van der Waals surface area contributed by atoms with E-state index in [2.05, 4.69) is 27.8 Å². The molecule has 0 aliphatic rings. The zero-order chi connectivity index (χ0) is 21.6. The lowest BCUT2D eigenvalue weighted by Crippen LogP contribution is -2.38. The molecule has 0 aliphatic heterocycles. The van der Waals surface area contributed by atoms with Gasteiger partial charge in [-0.1, -0.05) is 18.2 Å². The van der Waals surface area contributed by atoms with Crippen molar-refractivity contribution in [2.75, 3.05) is 19.7 Å². The van der Waals surface area contributed by atoms with Crippen molar-refractivity contribution in [3.63, 3.8) is 0 Å². The number of rotatable bonds is 8. The number of aliphatic imine (C=N–C) groups is 1. The Labute approximate surface area is 181 Å². The van der Waals surface area contributed by atoms with Crippen molar-refractivity contribution in [1.29, 1.82) is 0 Å². The van der Waals surface area contributed by atoms with E-state index < -0.39 is 0 Å². The Balaban J connectivity index is 1.46. The number of ether oxygens (including phenoxy) is 1. The van der Waals surface area contributed by atoms with E-state index in [9.17, 15) is 0 Å². The lowest BCUT2D eigenvalue weighted by molar-refractivity contribution is 0.336. The molecule has 0 radical (unpaired) electrons. The zero-order valence-corrected chi connectivity index (χ0v) is 18.1. The first kappa shape index (κ1) is 20.7. The molecule has 0 bridgehead atoms. The van der Waals surface area contributed by atoms with E-state index in [1.54, 1.807) is 0 Å². The van der Waals surface area contributed by atoms with Crippen LogP contribution < -0.4 is 15.4 Å². The van der Waals surface area contributed by atoms with Crippen molar-refractivity contribution < 1.29 is 9.15 Å². The van der Waals surface area contributed by atoms with Gasteiger partial charge in [0.25, 0.3) is 0 Å². The highest BCUT2D eigenvalue weighted by Crippen LogP contribution is 2.31. The fourth-order valence-electron chi connectivity index (χ4n) is 3.46. The Morgan fingerprint density at radius 2 is 2.10 bits per heavy atom. The van der Waals surface area contributed by atoms with E-state index in [1.807, 2.05) is 66.9 Å². The summed E-state index contributed by atoms with van der Waals surface area (Å²) in [4.78, 5) is 4.71. The Hall–Kier alpha value is -3.55. The van der Waals surface area contributed by atoms with Gasteiger partial charge in [-0.15, -0.1) is 10.2 Å². The molecular weight excluding hydrogens is 392 g/mol. The van der Waals surface area contributed by atoms with Crippen LogP contribution in [0.4, 0.5) is 0 Å². The molecule has 2 N–H and O–H groups in total. The van der Waals surface area contributed by atoms with Crippen LogP contribution in [0, 0.1) is 0 Å². The summed E-state index contributed by atoms with van der Waals surface area (Å²) < 4.78 is 13.8. The fraction of sp³-hybridized carbons (Fsp3) is 0.348. The molecule has 1 unspecified atom stereocenters. The standard InChI is InChI=1S/C23H28N6O2/c1-4-24-23(25-13-12-21-28-27-20-11-6-7-14-29(20)21)26-16(3)19-15-17-9-8-10-18(30-5-2)22(17)31-19/h6-11,14-16H,4-5,12-13H2,1-3H3,(H2,24,25,26). The van der Waals surface area contributed by atoms with Crippen molar-refractivity contribution in [3.8, 4) is 5.75 Å². The normalized spacial score (nSPS) is 12.9. The molecule has 4 rings (SSSR count). The van der Waals surface area contributed by atoms with Gasteiger partial charge in [0, 0.05) is 31.1 Å². The highest BCUT2D eigenvalue weighted by atomic mass is 16.5. The van der Waals surface area contributed by atoms with Crippen molar-refractivity contribution in [2.24, 2.45) is 4.99 Å². The molecule has 4 aromatic rings. The van der Waals surface area contributed by atoms with Gasteiger partial charge in [0.15, 0.2) is 22.9 Å². The zero-order valence-electron chi connectivity index (χ0n) is 18.1. The number of benzene rings is 1. The molecule has 3 aromatic heterocycles. The Morgan fingerprint density at radius 3 is 2.94 bits per heavy atom. The first-order chi connectivity index (χ1) is 15.2. The van der Waals surface area contributed by atoms with Crippen LogP contribution in [0.15, 0.2) is 58.1 Å². The first-order valence-corrected chi connectivity index (χ1v) is 10.7. The molecule has 31 heavy (non-hydrogen) atoms. The largest absolute Gasteiger partial charge is 0.490 e. The summed E-state index contributed by atoms with van der Waals surface area (Å²) in [6, 6.07) is 13.8. The van der Waals surface area contributed by atoms with Crippen LogP contribution in [-0.4, -0.2) is 40.3 Å². The Bertz CT molecular complexity index is 1180. The number of hydrogen-bond acceptors (Lipinski definition) is 5. The molecule has 0 amide bonds. The second kappa shape index (κ2) is 9.51. The quantitative estimate of drug-likeness (QED) is 0.333. The summed E-state index contributed by atoms with van der Waals surface area (Å²) in [5.41, 5.74) is 1.62. The highest BCUT2D eigenvalue weighted by Gasteiger charge is 2.15. The van der Waals surface area contributed by atoms with Gasteiger partial charge in [-0.2, -0.15) is 0 Å². The molecule has 3 heterocycles. The van der Waals surface area contributed by atoms with Gasteiger partial charge >= 0.3 is 0 Å². The third-order valence-electron chi connectivity index (χ3n) is 4.94. The molecule has 0 saturated carbocycles. The molecular formula is C23H28N6O2. The Kier molecular flexibility index (Phi) is 6.35. The third-order valence-corrected chi connectivity index (χ3v) is 4.94. The van der Waals surface area contributed by atoms with Crippen LogP contribution >= 0.6 is 0 Å². The topological polar surface area (TPSA) is 89.0 Å². The highest BCUT2D eigenvalue weighted by molar-refractivity contribution is 5.84. The SMILES string of the molecule is CCNC(=NCCc1nnc2ccccn12)NC(C)c1cc2cccc(OCC)c2o1. The van der Waals surface area contributed by atoms with E-state index in [4.69, 9.17) is 14.1 Å². The van der Waals surface area contributed by atoms with E-state index >= 15 is 0 Å². The molecule has 1 atom stereocenters. The van der Waals surface area contributed by atoms with Gasteiger partial charge in [-0.25, -0.2) is 0 Å². The minimum Gasteiger partial charge on any atom is -0.490 e. The number of aromatic nitrogens is 3. The summed E-state index contributed by atoms with van der Waals surface area (Å²) in [6.45, 7) is 8.02. The maximum Gasteiger partial charge on any atom is 0.191 e. The van der Waals surface area contributed by atoms with Crippen molar-refractivity contribution in [1.82, 2.24) is 25.2 Å². The van der Waals surface area contributed by atoms with Gasteiger partial charge in [0.2, 0.25) is 0 Å². The summed E-state index contributed by atoms with van der Waals surface area (Å²) >= 11 is 0. The number of furan rings is 1. The fourth-order valence-corrected chi connectivity index (χ4v) is 3.46. The molecule has 8 heteroatoms. The first-order valence-electron chi connectivity index (χ1n) is 10.7. The van der Waals surface area contributed by atoms with Crippen LogP contribution in [0.25, 0.3) is 16.6 Å². The van der Waals surface area contributed by atoms with Crippen LogP contribution in [0.3, 0.4) is 0 Å². The monoisotopic (exact) mass is 420 g/mol. The lowest BCUT2D eigenvalue weighted by Gasteiger charge is -2.16. The van der Waals surface area contributed by atoms with E-state index in [1.165, 1.54) is 0 Å². The lowest BCUT2D eigenvalue weighted by atomic mass is 10.2. The van der Waals surface area contributed by atoms with Gasteiger partial charge in [-0.05, 0) is 45.0 Å². The minimum atomic E-state index is -0.0615. The number of fused-ring (bicyclic) bond motifs is 2. The number of hydrogen-bond donors (Lipinski definition) is 2. The molecule has 8 nitrogen and oxygen atoms in total. The van der Waals surface area contributed by atoms with Gasteiger partial charge in [0.1, 0.15) is 11.6 Å². The van der Waals surface area contributed by atoms with E-state index in [0.29, 0.717) is 19.6 Å². The predicted molar refractivity (Wildman–Crippen MR) is 122 cm³/mol. The van der Waals surface area contributed by atoms with E-state index in [0.717, 1.165) is 46.5 Å². The summed E-state index contributed by atoms with van der Waals surface area (Å²) in [5.74, 6) is 3.22. The molecule has 0 aliphatic carbocycles. The summed E-state index contributed by atoms with van der Waals surface area (Å²) in [7, 11) is 0. The van der Waals surface area contributed by atoms with Crippen LogP contribution in [-0.2, 0) is 6.42 Å². The predicted octanol–water partition coefficient (Wildman–Crippen LogP) is 3.73. The second-order valence-corrected chi connectivity index (χ2v) is 7.18. The van der Waals surface area contributed by atoms with Gasteiger partial charge in [0.05, 0.1) is 12.6 Å². The number of guanidine groups is 1. The van der Waals surface area contributed by atoms with Crippen molar-refractivity contribution in [3.05, 3.63) is 60.2 Å². The molecule has 162 valence electrons. The van der Waals surface area contributed by atoms with Crippen LogP contribution in [0.2, 0.25) is 0 Å². The minimum absolute atomic E-state index is 0.0615. The average Bonchev–Trinajstić information content (AvgIpc) is 3.39. The second-order valence-electron chi connectivity index (χ2n) is 7.18. The van der Waals surface area contributed by atoms with E-state index in [-0.39, 0.29) is 6.04 Å². The maximum absolute atomic E-state index is 6.11. The maximum atomic E-state index is 6.11. The summed E-state index contributed by atoms with van der Waals surface area (Å²) in [6.07, 6.45) is 2.66. The molecule has 0 saturated heterocycles. The molecule has 0 fully saturated rings. The number of nitrogens with zero attached hydrogens (tertiary/aromatic N) is 4. The number of para-hydroxylation sites is 1. The van der Waals surface area contributed by atoms with Crippen LogP contribution in [0.1, 0.15) is 38.4 Å². The van der Waals surface area contributed by atoms with Crippen LogP contribution in [0.5, 0.6) is 5.75 Å².